The molecular formula is C38H28Br2F3NO2. The predicted octanol–water partition coefficient (Wildman–Crippen LogP) is 10.3. The number of hydrogen-bond acceptors (Lipinski definition) is 3. The van der Waals surface area contributed by atoms with Crippen molar-refractivity contribution < 1.29 is 22.6 Å². The molecule has 0 aromatic heterocycles. The summed E-state index contributed by atoms with van der Waals surface area (Å²) in [7, 11) is 0. The number of halogens is 5. The summed E-state index contributed by atoms with van der Waals surface area (Å²) in [6.07, 6.45) is 3.97. The number of fused-ring (bicyclic) bond motifs is 8. The molecule has 0 bridgehead atoms. The molecule has 0 spiro atoms. The molecule has 1 atom stereocenters. The molecular weight excluding hydrogens is 719 g/mol. The van der Waals surface area contributed by atoms with Gasteiger partial charge in [0.25, 0.3) is 0 Å². The Labute approximate surface area is 281 Å². The van der Waals surface area contributed by atoms with Crippen molar-refractivity contribution in [3.63, 3.8) is 0 Å². The summed E-state index contributed by atoms with van der Waals surface area (Å²) in [5.41, 5.74) is 5.17. The molecule has 1 aliphatic carbocycles. The zero-order valence-corrected chi connectivity index (χ0v) is 28.2. The predicted molar refractivity (Wildman–Crippen MR) is 183 cm³/mol. The molecule has 2 heterocycles. The number of ether oxygens (including phenoxy) is 2. The molecule has 8 rings (SSSR count). The summed E-state index contributed by atoms with van der Waals surface area (Å²) in [5, 5.41) is 0.643. The van der Waals surface area contributed by atoms with Crippen LogP contribution in [0.3, 0.4) is 0 Å². The van der Waals surface area contributed by atoms with Gasteiger partial charge in [-0.1, -0.05) is 76.0 Å². The fourth-order valence-corrected chi connectivity index (χ4v) is 9.28. The van der Waals surface area contributed by atoms with Crippen LogP contribution in [0.5, 0.6) is 5.75 Å². The molecule has 46 heavy (non-hydrogen) atoms. The Balaban J connectivity index is 1.40. The van der Waals surface area contributed by atoms with Crippen LogP contribution in [0.25, 0.3) is 28.0 Å². The van der Waals surface area contributed by atoms with Gasteiger partial charge in [0, 0.05) is 55.9 Å². The highest BCUT2D eigenvalue weighted by Gasteiger charge is 2.45. The Hall–Kier alpha value is -3.59. The van der Waals surface area contributed by atoms with E-state index >= 15 is 8.78 Å². The average molecular weight is 747 g/mol. The second-order valence-corrected chi connectivity index (χ2v) is 14.3. The summed E-state index contributed by atoms with van der Waals surface area (Å²) >= 11 is 7.40. The van der Waals surface area contributed by atoms with Gasteiger partial charge in [-0.15, -0.1) is 0 Å². The van der Waals surface area contributed by atoms with Crippen LogP contribution in [0.1, 0.15) is 41.7 Å². The third-order valence-electron chi connectivity index (χ3n) is 9.58. The molecule has 0 N–H and O–H groups in total. The van der Waals surface area contributed by atoms with Crippen molar-refractivity contribution in [1.82, 2.24) is 0 Å². The van der Waals surface area contributed by atoms with E-state index in [0.717, 1.165) is 67.2 Å². The van der Waals surface area contributed by atoms with Crippen LogP contribution >= 0.6 is 31.9 Å². The van der Waals surface area contributed by atoms with Crippen LogP contribution in [0.2, 0.25) is 0 Å². The van der Waals surface area contributed by atoms with Gasteiger partial charge in [-0.2, -0.15) is 0 Å². The highest BCUT2D eigenvalue weighted by molar-refractivity contribution is 9.11. The molecule has 5 aromatic rings. The molecule has 1 saturated heterocycles. The first kappa shape index (κ1) is 29.8. The van der Waals surface area contributed by atoms with E-state index in [2.05, 4.69) is 50.6 Å². The van der Waals surface area contributed by atoms with E-state index in [9.17, 15) is 4.39 Å². The van der Waals surface area contributed by atoms with Crippen molar-refractivity contribution in [2.45, 2.75) is 24.9 Å². The maximum atomic E-state index is 16.2. The third kappa shape index (κ3) is 4.40. The Kier molecular flexibility index (Phi) is 6.94. The van der Waals surface area contributed by atoms with Crippen molar-refractivity contribution in [3.05, 3.63) is 133 Å². The monoisotopic (exact) mass is 745 g/mol. The van der Waals surface area contributed by atoms with Crippen LogP contribution in [0, 0.1) is 17.5 Å². The minimum Gasteiger partial charge on any atom is -0.472 e. The standard InChI is InChI=1S/C38H28Br2F3NO2/c1-37(2)34-29(17-23(39)18-30(34)40)32-28-19-25(42)20-31(43)33(28)36-27(35(32)37)11-12-38(46-36,21-3-7-24(41)8-4-21)22-5-9-26(10-6-22)44-13-15-45-16-14-44/h3-12,17-20H,13-16H2,1-2H3. The highest BCUT2D eigenvalue weighted by Crippen LogP contribution is 2.60. The minimum atomic E-state index is -1.22. The first-order valence-corrected chi connectivity index (χ1v) is 16.7. The normalized spacial score (nSPS) is 19.5. The van der Waals surface area contributed by atoms with E-state index in [1.165, 1.54) is 18.2 Å². The number of nitrogens with zero attached hydrogens (tertiary/aromatic N) is 1. The molecule has 5 aromatic carbocycles. The van der Waals surface area contributed by atoms with Crippen LogP contribution < -0.4 is 9.64 Å². The van der Waals surface area contributed by atoms with Gasteiger partial charge in [0.05, 0.1) is 18.6 Å². The highest BCUT2D eigenvalue weighted by atomic mass is 79.9. The lowest BCUT2D eigenvalue weighted by molar-refractivity contribution is 0.122. The number of hydrogen-bond donors (Lipinski definition) is 0. The van der Waals surface area contributed by atoms with E-state index in [0.29, 0.717) is 29.9 Å². The Morgan fingerprint density at radius 1 is 0.783 bits per heavy atom. The first-order valence-electron chi connectivity index (χ1n) is 15.1. The quantitative estimate of drug-likeness (QED) is 0.184. The van der Waals surface area contributed by atoms with Crippen molar-refractivity contribution in [3.8, 4) is 16.9 Å². The van der Waals surface area contributed by atoms with Crippen LogP contribution in [0.4, 0.5) is 18.9 Å². The molecule has 3 nitrogen and oxygen atoms in total. The topological polar surface area (TPSA) is 21.7 Å². The van der Waals surface area contributed by atoms with Gasteiger partial charge in [-0.05, 0) is 76.2 Å². The Morgan fingerprint density at radius 2 is 1.46 bits per heavy atom. The molecule has 0 saturated carbocycles. The first-order chi connectivity index (χ1) is 22.1. The van der Waals surface area contributed by atoms with Crippen LogP contribution in [0.15, 0.2) is 87.8 Å². The molecule has 0 amide bonds. The number of benzene rings is 5. The van der Waals surface area contributed by atoms with Gasteiger partial charge in [0.15, 0.2) is 5.60 Å². The lowest BCUT2D eigenvalue weighted by Gasteiger charge is -2.39. The molecule has 8 heteroatoms. The van der Waals surface area contributed by atoms with Gasteiger partial charge in [0.1, 0.15) is 23.2 Å². The molecule has 2 aliphatic heterocycles. The molecule has 1 unspecified atom stereocenters. The van der Waals surface area contributed by atoms with Gasteiger partial charge in [-0.25, -0.2) is 13.2 Å². The second-order valence-electron chi connectivity index (χ2n) is 12.6. The summed E-state index contributed by atoms with van der Waals surface area (Å²) < 4.78 is 59.9. The van der Waals surface area contributed by atoms with E-state index in [-0.39, 0.29) is 11.2 Å². The van der Waals surface area contributed by atoms with E-state index in [4.69, 9.17) is 9.47 Å². The number of rotatable bonds is 3. The van der Waals surface area contributed by atoms with Gasteiger partial charge in [0.2, 0.25) is 0 Å². The molecule has 232 valence electrons. The van der Waals surface area contributed by atoms with Crippen molar-refractivity contribution in [2.24, 2.45) is 0 Å². The zero-order chi connectivity index (χ0) is 32.0. The smallest absolute Gasteiger partial charge is 0.178 e. The summed E-state index contributed by atoms with van der Waals surface area (Å²) in [6, 6.07) is 20.6. The number of morpholine rings is 1. The lowest BCUT2D eigenvalue weighted by atomic mass is 9.76. The third-order valence-corrected chi connectivity index (χ3v) is 10.7. The van der Waals surface area contributed by atoms with Crippen LogP contribution in [-0.2, 0) is 15.8 Å². The summed E-state index contributed by atoms with van der Waals surface area (Å²) in [6.45, 7) is 7.17. The number of anilines is 1. The molecule has 3 aliphatic rings. The maximum Gasteiger partial charge on any atom is 0.178 e. The second kappa shape index (κ2) is 10.7. The Morgan fingerprint density at radius 3 is 2.15 bits per heavy atom. The van der Waals surface area contributed by atoms with Crippen molar-refractivity contribution >= 4 is 54.4 Å². The van der Waals surface area contributed by atoms with Gasteiger partial charge in [-0.3, -0.25) is 0 Å². The van der Waals surface area contributed by atoms with Gasteiger partial charge >= 0.3 is 0 Å². The van der Waals surface area contributed by atoms with E-state index in [1.54, 1.807) is 12.1 Å². The largest absolute Gasteiger partial charge is 0.472 e. The summed E-state index contributed by atoms with van der Waals surface area (Å²) in [4.78, 5) is 2.27. The minimum absolute atomic E-state index is 0.204. The van der Waals surface area contributed by atoms with E-state index in [1.807, 2.05) is 48.6 Å². The Bertz CT molecular complexity index is 2090. The molecule has 0 radical (unpaired) electrons. The fourth-order valence-electron chi connectivity index (χ4n) is 7.56. The molecule has 1 fully saturated rings. The van der Waals surface area contributed by atoms with E-state index < -0.39 is 22.7 Å². The van der Waals surface area contributed by atoms with Crippen molar-refractivity contribution in [2.75, 3.05) is 31.2 Å². The van der Waals surface area contributed by atoms with Gasteiger partial charge < -0.3 is 14.4 Å². The lowest BCUT2D eigenvalue weighted by Crippen LogP contribution is -2.37. The average Bonchev–Trinajstić information content (AvgIpc) is 3.28. The van der Waals surface area contributed by atoms with Crippen molar-refractivity contribution in [1.29, 1.82) is 0 Å². The zero-order valence-electron chi connectivity index (χ0n) is 25.1. The van der Waals surface area contributed by atoms with Crippen LogP contribution in [-0.4, -0.2) is 26.3 Å². The maximum absolute atomic E-state index is 16.2. The SMILES string of the molecule is CC1(C)c2c(Br)cc(Br)cc2-c2c1c1c(c3c(F)cc(F)cc23)OC(c2ccc(F)cc2)(c2ccc(N3CCOCC3)cc2)C=C1. The fraction of sp³-hybridized carbons (Fsp3) is 0.211. The summed E-state index contributed by atoms with van der Waals surface area (Å²) in [5.74, 6) is -1.42.